The number of amides is 1. The normalized spacial score (nSPS) is 14.1. The molecule has 50 heavy (non-hydrogen) atoms. The molecule has 1 aliphatic rings. The van der Waals surface area contributed by atoms with Crippen molar-refractivity contribution in [2.75, 3.05) is 0 Å². The predicted molar refractivity (Wildman–Crippen MR) is 166 cm³/mol. The number of imidazole rings is 1. The van der Waals surface area contributed by atoms with E-state index in [2.05, 4.69) is 38.0 Å². The third kappa shape index (κ3) is 11.9. The van der Waals surface area contributed by atoms with Crippen LogP contribution in [0, 0.1) is 11.3 Å². The van der Waals surface area contributed by atoms with E-state index in [1.807, 2.05) is 73.2 Å². The number of aliphatic carboxylic acids is 2. The van der Waals surface area contributed by atoms with E-state index < -0.39 is 24.3 Å². The van der Waals surface area contributed by atoms with E-state index in [1.165, 1.54) is 11.1 Å². The fourth-order valence-electron chi connectivity index (χ4n) is 4.67. The third-order valence-corrected chi connectivity index (χ3v) is 7.32. The number of carbonyl (C=O) groups is 3. The maximum atomic E-state index is 13.4. The fourth-order valence-corrected chi connectivity index (χ4v) is 4.88. The van der Waals surface area contributed by atoms with Crippen LogP contribution in [-0.4, -0.2) is 60.9 Å². The van der Waals surface area contributed by atoms with Gasteiger partial charge in [-0.25, -0.2) is 14.6 Å². The van der Waals surface area contributed by atoms with E-state index in [0.717, 1.165) is 16.8 Å². The van der Waals surface area contributed by atoms with Crippen molar-refractivity contribution in [3.63, 3.8) is 0 Å². The van der Waals surface area contributed by atoms with Crippen LogP contribution >= 0.6 is 11.6 Å². The first-order valence-corrected chi connectivity index (χ1v) is 14.8. The molecular formula is C33H28ClF6N5O5. The summed E-state index contributed by atoms with van der Waals surface area (Å²) < 4.78 is 65.6. The number of benzene rings is 3. The zero-order valence-corrected chi connectivity index (χ0v) is 26.5. The van der Waals surface area contributed by atoms with Crippen molar-refractivity contribution in [2.45, 2.75) is 51.0 Å². The first-order chi connectivity index (χ1) is 23.5. The third-order valence-electron chi connectivity index (χ3n) is 7.09. The Morgan fingerprint density at radius 2 is 1.48 bits per heavy atom. The summed E-state index contributed by atoms with van der Waals surface area (Å²) in [6.07, 6.45) is -5.83. The molecule has 0 spiro atoms. The highest BCUT2D eigenvalue weighted by molar-refractivity contribution is 6.30. The molecule has 0 bridgehead atoms. The lowest BCUT2D eigenvalue weighted by molar-refractivity contribution is -0.193. The Bertz CT molecular complexity index is 1800. The van der Waals surface area contributed by atoms with Crippen molar-refractivity contribution in [1.82, 2.24) is 19.8 Å². The SMILES string of the molecule is N#Cc1ccc(Cn2cncc2CN2Cc3ccccc3C[C@H]2C(=O)NCc2cccc(Cl)c2)cc1.O=C(O)C(F)(F)F.O=C(O)C(F)(F)F. The number of nitriles is 1. The number of nitrogens with zero attached hydrogens (tertiary/aromatic N) is 4. The van der Waals surface area contributed by atoms with Gasteiger partial charge in [0.25, 0.3) is 0 Å². The van der Waals surface area contributed by atoms with Gasteiger partial charge in [0, 0.05) is 37.4 Å². The van der Waals surface area contributed by atoms with Crippen LogP contribution in [0.4, 0.5) is 26.3 Å². The molecule has 0 unspecified atom stereocenters. The highest BCUT2D eigenvalue weighted by Gasteiger charge is 2.39. The first-order valence-electron chi connectivity index (χ1n) is 14.4. The Balaban J connectivity index is 0.000000408. The van der Waals surface area contributed by atoms with Gasteiger partial charge in [-0.3, -0.25) is 9.69 Å². The van der Waals surface area contributed by atoms with Gasteiger partial charge in [-0.2, -0.15) is 31.6 Å². The summed E-state index contributed by atoms with van der Waals surface area (Å²) in [7, 11) is 0. The van der Waals surface area contributed by atoms with Crippen LogP contribution in [0.5, 0.6) is 0 Å². The van der Waals surface area contributed by atoms with E-state index in [0.29, 0.717) is 43.2 Å². The number of hydrogen-bond donors (Lipinski definition) is 3. The van der Waals surface area contributed by atoms with Gasteiger partial charge in [0.15, 0.2) is 0 Å². The molecule has 2 heterocycles. The molecular weight excluding hydrogens is 696 g/mol. The molecule has 17 heteroatoms. The second kappa shape index (κ2) is 17.3. The molecule has 0 aliphatic carbocycles. The molecule has 1 amide bonds. The summed E-state index contributed by atoms with van der Waals surface area (Å²) in [5.74, 6) is -5.51. The maximum absolute atomic E-state index is 13.4. The van der Waals surface area contributed by atoms with Crippen molar-refractivity contribution >= 4 is 29.4 Å². The quantitative estimate of drug-likeness (QED) is 0.198. The van der Waals surface area contributed by atoms with Gasteiger partial charge < -0.3 is 20.1 Å². The number of carboxylic acids is 2. The zero-order chi connectivity index (χ0) is 37.1. The summed E-state index contributed by atoms with van der Waals surface area (Å²) in [6, 6.07) is 25.3. The van der Waals surface area contributed by atoms with E-state index in [4.69, 9.17) is 36.7 Å². The average molecular weight is 724 g/mol. The van der Waals surface area contributed by atoms with E-state index in [9.17, 15) is 31.1 Å². The number of rotatable bonds is 7. The second-order valence-electron chi connectivity index (χ2n) is 10.7. The van der Waals surface area contributed by atoms with Crippen molar-refractivity contribution in [1.29, 1.82) is 5.26 Å². The predicted octanol–water partition coefficient (Wildman–Crippen LogP) is 5.97. The van der Waals surface area contributed by atoms with Crippen LogP contribution in [0.2, 0.25) is 5.02 Å². The van der Waals surface area contributed by atoms with Crippen molar-refractivity contribution in [3.8, 4) is 6.07 Å². The highest BCUT2D eigenvalue weighted by atomic mass is 35.5. The number of hydrogen-bond acceptors (Lipinski definition) is 6. The molecule has 10 nitrogen and oxygen atoms in total. The minimum absolute atomic E-state index is 0.00244. The molecule has 0 radical (unpaired) electrons. The van der Waals surface area contributed by atoms with Crippen LogP contribution in [0.1, 0.15) is 33.5 Å². The van der Waals surface area contributed by atoms with E-state index >= 15 is 0 Å². The number of carbonyl (C=O) groups excluding carboxylic acids is 1. The van der Waals surface area contributed by atoms with Crippen LogP contribution in [0.3, 0.4) is 0 Å². The Labute approximate surface area is 286 Å². The lowest BCUT2D eigenvalue weighted by Crippen LogP contribution is -2.49. The minimum atomic E-state index is -5.08. The molecule has 264 valence electrons. The van der Waals surface area contributed by atoms with Gasteiger partial charge in [-0.15, -0.1) is 0 Å². The summed E-state index contributed by atoms with van der Waals surface area (Å²) >= 11 is 6.11. The molecule has 3 N–H and O–H groups in total. The molecule has 0 saturated carbocycles. The summed E-state index contributed by atoms with van der Waals surface area (Å²) in [5, 5.41) is 27.1. The maximum Gasteiger partial charge on any atom is 0.490 e. The molecule has 1 atom stereocenters. The average Bonchev–Trinajstić information content (AvgIpc) is 3.49. The lowest BCUT2D eigenvalue weighted by atomic mass is 9.93. The topological polar surface area (TPSA) is 149 Å². The van der Waals surface area contributed by atoms with Crippen LogP contribution in [0.15, 0.2) is 85.3 Å². The fraction of sp³-hybridized carbons (Fsp3) is 0.242. The monoisotopic (exact) mass is 723 g/mol. The van der Waals surface area contributed by atoms with Crippen LogP contribution < -0.4 is 5.32 Å². The van der Waals surface area contributed by atoms with Gasteiger partial charge in [-0.05, 0) is 52.9 Å². The zero-order valence-electron chi connectivity index (χ0n) is 25.7. The van der Waals surface area contributed by atoms with Gasteiger partial charge in [0.05, 0.1) is 29.7 Å². The minimum Gasteiger partial charge on any atom is -0.475 e. The Morgan fingerprint density at radius 3 is 2.04 bits per heavy atom. The molecule has 0 fully saturated rings. The summed E-state index contributed by atoms with van der Waals surface area (Å²) in [6.45, 7) is 2.37. The molecule has 0 saturated heterocycles. The number of halogens is 7. The Morgan fingerprint density at radius 1 is 0.880 bits per heavy atom. The highest BCUT2D eigenvalue weighted by Crippen LogP contribution is 2.26. The molecule has 5 rings (SSSR count). The van der Waals surface area contributed by atoms with E-state index in [1.54, 1.807) is 0 Å². The smallest absolute Gasteiger partial charge is 0.475 e. The van der Waals surface area contributed by atoms with Crippen molar-refractivity contribution in [2.24, 2.45) is 0 Å². The van der Waals surface area contributed by atoms with Gasteiger partial charge in [0.2, 0.25) is 5.91 Å². The number of fused-ring (bicyclic) bond motifs is 1. The van der Waals surface area contributed by atoms with E-state index in [-0.39, 0.29) is 11.9 Å². The number of aromatic nitrogens is 2. The number of carboxylic acid groups (broad SMARTS) is 2. The van der Waals surface area contributed by atoms with Gasteiger partial charge >= 0.3 is 24.3 Å². The molecule has 3 aromatic carbocycles. The lowest BCUT2D eigenvalue weighted by Gasteiger charge is -2.36. The second-order valence-corrected chi connectivity index (χ2v) is 11.1. The molecule has 4 aromatic rings. The van der Waals surface area contributed by atoms with Crippen molar-refractivity contribution in [3.05, 3.63) is 124 Å². The largest absolute Gasteiger partial charge is 0.490 e. The molecule has 1 aromatic heterocycles. The summed E-state index contributed by atoms with van der Waals surface area (Å²) in [5.41, 5.74) is 6.19. The van der Waals surface area contributed by atoms with Crippen LogP contribution in [-0.2, 0) is 47.0 Å². The Kier molecular flexibility index (Phi) is 13.5. The summed E-state index contributed by atoms with van der Waals surface area (Å²) in [4.78, 5) is 37.8. The molecule has 1 aliphatic heterocycles. The van der Waals surface area contributed by atoms with Gasteiger partial charge in [0.1, 0.15) is 0 Å². The standard InChI is InChI=1S/C29H26ClN5O.2C2HF3O2/c30-26-7-3-4-23(12-26)15-33-29(36)28-13-24-5-1-2-6-25(24)18-34(28)19-27-16-32-20-35(27)17-22-10-8-21(14-31)9-11-22;2*3-2(4,5)1(6)7/h1-12,16,20,28H,13,15,17-19H2,(H,33,36);2*(H,6,7)/t28-;;/m0../s1. The Hall–Kier alpha value is -5.40. The number of nitrogens with one attached hydrogen (secondary N) is 1. The van der Waals surface area contributed by atoms with Crippen molar-refractivity contribution < 1.29 is 50.9 Å². The van der Waals surface area contributed by atoms with Crippen LogP contribution in [0.25, 0.3) is 0 Å². The first kappa shape index (κ1) is 39.0. The van der Waals surface area contributed by atoms with Gasteiger partial charge in [-0.1, -0.05) is 60.1 Å². The number of alkyl halides is 6.